The number of piperidine rings is 1. The Balaban J connectivity index is 1.42. The molecule has 2 aliphatic rings. The molecule has 0 radical (unpaired) electrons. The van der Waals surface area contributed by atoms with E-state index in [2.05, 4.69) is 45.4 Å². The van der Waals surface area contributed by atoms with E-state index in [4.69, 9.17) is 16.3 Å². The van der Waals surface area contributed by atoms with Crippen LogP contribution in [0.1, 0.15) is 63.1 Å². The van der Waals surface area contributed by atoms with E-state index in [1.807, 2.05) is 6.92 Å². The molecule has 0 spiro atoms. The first-order valence-electron chi connectivity index (χ1n) is 14.6. The Labute approximate surface area is 253 Å². The van der Waals surface area contributed by atoms with Crippen LogP contribution in [0, 0.1) is 6.92 Å². The number of aliphatic hydroxyl groups is 1. The van der Waals surface area contributed by atoms with Crippen molar-refractivity contribution < 1.29 is 18.3 Å². The molecule has 11 heteroatoms. The van der Waals surface area contributed by atoms with E-state index in [1.165, 1.54) is 22.9 Å². The highest BCUT2D eigenvalue weighted by Gasteiger charge is 2.32. The third kappa shape index (κ3) is 6.37. The molecule has 9 nitrogen and oxygen atoms in total. The Morgan fingerprint density at radius 2 is 1.86 bits per heavy atom. The number of halogens is 1. The molecule has 2 atom stereocenters. The number of likely N-dealkylation sites (tertiary alicyclic amines) is 1. The number of benzene rings is 2. The number of fused-ring (bicyclic) bond motifs is 1. The van der Waals surface area contributed by atoms with E-state index in [9.17, 15) is 13.5 Å². The summed E-state index contributed by atoms with van der Waals surface area (Å²) < 4.78 is 32.2. The van der Waals surface area contributed by atoms with Crippen molar-refractivity contribution in [2.45, 2.75) is 82.2 Å². The van der Waals surface area contributed by atoms with Crippen LogP contribution in [-0.4, -0.2) is 65.5 Å². The van der Waals surface area contributed by atoms with E-state index < -0.39 is 15.1 Å². The molecule has 5 rings (SSSR count). The number of hydrogen-bond donors (Lipinski definition) is 3. The third-order valence-corrected chi connectivity index (χ3v) is 10.5. The minimum Gasteiger partial charge on any atom is -0.488 e. The van der Waals surface area contributed by atoms with Crippen LogP contribution >= 0.6 is 11.6 Å². The molecule has 0 amide bonds. The number of ether oxygens (including phenoxy) is 1. The van der Waals surface area contributed by atoms with Crippen molar-refractivity contribution in [3.05, 3.63) is 58.2 Å². The van der Waals surface area contributed by atoms with Crippen LogP contribution in [0.4, 0.5) is 23.1 Å². The van der Waals surface area contributed by atoms with Crippen LogP contribution in [0.15, 0.2) is 41.4 Å². The second-order valence-electron chi connectivity index (χ2n) is 11.7. The molecule has 2 unspecified atom stereocenters. The summed E-state index contributed by atoms with van der Waals surface area (Å²) in [6.45, 7) is 12.0. The highest BCUT2D eigenvalue weighted by atomic mass is 35.5. The number of nitrogens with one attached hydrogen (secondary N) is 2. The van der Waals surface area contributed by atoms with Crippen LogP contribution in [0.25, 0.3) is 0 Å². The van der Waals surface area contributed by atoms with Crippen LogP contribution in [0.5, 0.6) is 5.75 Å². The van der Waals surface area contributed by atoms with Crippen LogP contribution < -0.4 is 15.4 Å². The quantitative estimate of drug-likeness (QED) is 0.267. The molecule has 2 aliphatic heterocycles. The van der Waals surface area contributed by atoms with Crippen molar-refractivity contribution in [1.82, 2.24) is 14.9 Å². The Morgan fingerprint density at radius 1 is 1.14 bits per heavy atom. The highest BCUT2D eigenvalue weighted by molar-refractivity contribution is 7.92. The lowest BCUT2D eigenvalue weighted by molar-refractivity contribution is 0.109. The molecule has 1 saturated heterocycles. The summed E-state index contributed by atoms with van der Waals surface area (Å²) >= 11 is 6.45. The zero-order valence-corrected chi connectivity index (χ0v) is 26.4. The van der Waals surface area contributed by atoms with Gasteiger partial charge in [0.2, 0.25) is 5.95 Å². The minimum absolute atomic E-state index is 0.0548. The molecule has 2 aromatic carbocycles. The molecule has 0 bridgehead atoms. The lowest BCUT2D eigenvalue weighted by Gasteiger charge is -2.34. The second-order valence-corrected chi connectivity index (χ2v) is 14.6. The van der Waals surface area contributed by atoms with Crippen molar-refractivity contribution in [2.75, 3.05) is 30.3 Å². The first-order chi connectivity index (χ1) is 19.9. The fourth-order valence-corrected chi connectivity index (χ4v) is 7.36. The summed E-state index contributed by atoms with van der Waals surface area (Å²) in [4.78, 5) is 11.5. The maximum Gasteiger partial charge on any atom is 0.229 e. The number of aryl methyl sites for hydroxylation is 1. The van der Waals surface area contributed by atoms with Gasteiger partial charge < -0.3 is 25.4 Å². The first-order valence-corrected chi connectivity index (χ1v) is 16.5. The number of aromatic nitrogens is 2. The van der Waals surface area contributed by atoms with Crippen molar-refractivity contribution in [2.24, 2.45) is 0 Å². The number of aliphatic hydroxyl groups excluding tert-OH is 1. The molecule has 3 heterocycles. The molecule has 1 aromatic heterocycles. The summed E-state index contributed by atoms with van der Waals surface area (Å²) in [5.41, 5.74) is 5.00. The topological polar surface area (TPSA) is 117 Å². The van der Waals surface area contributed by atoms with E-state index in [0.717, 1.165) is 43.8 Å². The Hall–Kier alpha value is -2.92. The molecule has 226 valence electrons. The Kier molecular flexibility index (Phi) is 8.99. The highest BCUT2D eigenvalue weighted by Crippen LogP contribution is 2.46. The van der Waals surface area contributed by atoms with Crippen molar-refractivity contribution in [3.63, 3.8) is 0 Å². The third-order valence-electron chi connectivity index (χ3n) is 8.02. The Bertz CT molecular complexity index is 1560. The molecule has 3 N–H and O–H groups in total. The molecular weight excluding hydrogens is 574 g/mol. The molecule has 3 aromatic rings. The van der Waals surface area contributed by atoms with Gasteiger partial charge in [-0.25, -0.2) is 13.4 Å². The van der Waals surface area contributed by atoms with Gasteiger partial charge >= 0.3 is 0 Å². The fraction of sp³-hybridized carbons (Fsp3) is 0.484. The van der Waals surface area contributed by atoms with Gasteiger partial charge in [0.05, 0.1) is 33.8 Å². The summed E-state index contributed by atoms with van der Waals surface area (Å²) in [5, 5.41) is 15.9. The van der Waals surface area contributed by atoms with Crippen LogP contribution in [0.2, 0.25) is 5.02 Å². The lowest BCUT2D eigenvalue weighted by atomic mass is 9.82. The van der Waals surface area contributed by atoms with Gasteiger partial charge in [-0.3, -0.25) is 0 Å². The van der Waals surface area contributed by atoms with E-state index in [0.29, 0.717) is 29.9 Å². The van der Waals surface area contributed by atoms with Gasteiger partial charge in [0.15, 0.2) is 15.7 Å². The van der Waals surface area contributed by atoms with Gasteiger partial charge in [0, 0.05) is 18.5 Å². The maximum atomic E-state index is 13.0. The number of hydrogen-bond acceptors (Lipinski definition) is 9. The normalized spacial score (nSPS) is 18.5. The molecule has 42 heavy (non-hydrogen) atoms. The predicted molar refractivity (Wildman–Crippen MR) is 167 cm³/mol. The van der Waals surface area contributed by atoms with Crippen molar-refractivity contribution in [3.8, 4) is 5.75 Å². The zero-order chi connectivity index (χ0) is 30.2. The number of para-hydroxylation sites is 1. The largest absolute Gasteiger partial charge is 0.488 e. The number of rotatable bonds is 9. The fourth-order valence-electron chi connectivity index (χ4n) is 6.02. The number of β-amino-alcohol motifs (C(OH)–C–C–N with tert-alkyl or cyclic N) is 1. The van der Waals surface area contributed by atoms with Gasteiger partial charge in [-0.1, -0.05) is 23.7 Å². The predicted octanol–water partition coefficient (Wildman–Crippen LogP) is 5.99. The van der Waals surface area contributed by atoms with E-state index in [1.54, 1.807) is 38.1 Å². The minimum atomic E-state index is -3.53. The van der Waals surface area contributed by atoms with E-state index in [-0.39, 0.29) is 22.1 Å². The monoisotopic (exact) mass is 613 g/mol. The number of anilines is 4. The second kappa shape index (κ2) is 12.4. The van der Waals surface area contributed by atoms with Gasteiger partial charge in [-0.05, 0) is 95.8 Å². The summed E-state index contributed by atoms with van der Waals surface area (Å²) in [6.07, 6.45) is 4.16. The van der Waals surface area contributed by atoms with Gasteiger partial charge in [-0.15, -0.1) is 0 Å². The summed E-state index contributed by atoms with van der Waals surface area (Å²) in [7, 11) is -3.53. The summed E-state index contributed by atoms with van der Waals surface area (Å²) in [5.74, 6) is 1.88. The molecular formula is C31H40ClN5O4S. The van der Waals surface area contributed by atoms with Crippen LogP contribution in [0.3, 0.4) is 0 Å². The average Bonchev–Trinajstić information content (AvgIpc) is 3.32. The van der Waals surface area contributed by atoms with E-state index >= 15 is 0 Å². The summed E-state index contributed by atoms with van der Waals surface area (Å²) in [6, 6.07) is 8.83. The average molecular weight is 614 g/mol. The van der Waals surface area contributed by atoms with Crippen molar-refractivity contribution in [1.29, 1.82) is 0 Å². The smallest absolute Gasteiger partial charge is 0.229 e. The molecule has 0 saturated carbocycles. The number of sulfone groups is 1. The van der Waals surface area contributed by atoms with Crippen molar-refractivity contribution >= 4 is 44.6 Å². The Morgan fingerprint density at radius 3 is 2.55 bits per heavy atom. The number of nitrogens with zero attached hydrogens (tertiary/aromatic N) is 3. The first kappa shape index (κ1) is 30.5. The molecule has 1 fully saturated rings. The van der Waals surface area contributed by atoms with Gasteiger partial charge in [0.25, 0.3) is 0 Å². The standard InChI is InChI=1S/C31H40ClN5O4S/c1-18(2)42(39,40)27-9-7-6-8-25(27)34-30-24(32)16-33-31(36-30)35-26-14-19(3)28(23-15-21(5)41-29(23)26)22-10-12-37(13-11-22)17-20(4)38/h6-9,14,16,18,20-22,38H,10-13,15,17H2,1-5H3,(H2,33,34,35,36). The van der Waals surface area contributed by atoms with Gasteiger partial charge in [-0.2, -0.15) is 4.98 Å². The molecule has 0 aliphatic carbocycles. The van der Waals surface area contributed by atoms with Crippen LogP contribution in [-0.2, 0) is 16.3 Å². The SMILES string of the molecule is Cc1cc(Nc2ncc(Cl)c(Nc3ccccc3S(=O)(=O)C(C)C)n2)c2c(c1C1CCN(CC(C)O)CC1)CC(C)O2. The lowest BCUT2D eigenvalue weighted by Crippen LogP contribution is -2.37. The zero-order valence-electron chi connectivity index (χ0n) is 24.8. The maximum absolute atomic E-state index is 13.0. The van der Waals surface area contributed by atoms with Gasteiger partial charge in [0.1, 0.15) is 16.9 Å².